The summed E-state index contributed by atoms with van der Waals surface area (Å²) >= 11 is 0. The highest BCUT2D eigenvalue weighted by molar-refractivity contribution is 7.45. The molecule has 0 saturated heterocycles. The van der Waals surface area contributed by atoms with E-state index in [2.05, 4.69) is 62.5 Å². The lowest BCUT2D eigenvalue weighted by Gasteiger charge is -2.28. The average molecular weight is 936 g/mol. The normalized spacial score (nSPS) is 13.9. The van der Waals surface area contributed by atoms with Gasteiger partial charge in [0.1, 0.15) is 19.3 Å². The fourth-order valence-electron chi connectivity index (χ4n) is 7.72. The molecular weight excluding hydrogens is 830 g/mol. The monoisotopic (exact) mass is 936 g/mol. The number of phosphoric acid groups is 1. The van der Waals surface area contributed by atoms with Crippen LogP contribution >= 0.6 is 7.82 Å². The second-order valence-electron chi connectivity index (χ2n) is 19.6. The van der Waals surface area contributed by atoms with Gasteiger partial charge >= 0.3 is 5.97 Å². The zero-order chi connectivity index (χ0) is 47.6. The zero-order valence-electron chi connectivity index (χ0n) is 43.4. The van der Waals surface area contributed by atoms with Crippen LogP contribution in [0.15, 0.2) is 48.6 Å². The number of unbranched alkanes of at least 4 members (excludes halogenated alkanes) is 29. The first-order valence-electron chi connectivity index (χ1n) is 27.4. The topological polar surface area (TPSA) is 94.1 Å². The quantitative estimate of drug-likeness (QED) is 0.0197. The van der Waals surface area contributed by atoms with Crippen molar-refractivity contribution < 1.29 is 37.3 Å². The van der Waals surface area contributed by atoms with E-state index < -0.39 is 13.9 Å². The van der Waals surface area contributed by atoms with Crippen molar-refractivity contribution in [2.75, 3.05) is 54.1 Å². The van der Waals surface area contributed by atoms with Crippen LogP contribution in [0, 0.1) is 0 Å². The van der Waals surface area contributed by atoms with Crippen molar-refractivity contribution >= 4 is 13.8 Å². The molecule has 0 aliphatic rings. The Hall–Kier alpha value is -1.54. The summed E-state index contributed by atoms with van der Waals surface area (Å²) in [6.45, 7) is 5.33. The third kappa shape index (κ3) is 53.3. The summed E-state index contributed by atoms with van der Waals surface area (Å²) in [6.07, 6.45) is 61.4. The number of rotatable bonds is 51. The van der Waals surface area contributed by atoms with Crippen LogP contribution in [-0.2, 0) is 27.9 Å². The highest BCUT2D eigenvalue weighted by Gasteiger charge is 2.20. The Labute approximate surface area is 403 Å². The minimum Gasteiger partial charge on any atom is -0.756 e. The maximum Gasteiger partial charge on any atom is 0.306 e. The van der Waals surface area contributed by atoms with Crippen LogP contribution in [0.3, 0.4) is 0 Å². The van der Waals surface area contributed by atoms with E-state index in [4.69, 9.17) is 18.5 Å². The number of allylic oxidation sites excluding steroid dienone is 8. The number of esters is 1. The van der Waals surface area contributed by atoms with Crippen molar-refractivity contribution in [3.63, 3.8) is 0 Å². The summed E-state index contributed by atoms with van der Waals surface area (Å²) in [4.78, 5) is 25.2. The number of likely N-dealkylation sites (N-methyl/N-ethyl adjacent to an activating group) is 1. The molecule has 0 spiro atoms. The molecule has 0 aromatic heterocycles. The number of hydrogen-bond donors (Lipinski definition) is 0. The summed E-state index contributed by atoms with van der Waals surface area (Å²) in [7, 11) is 1.36. The summed E-state index contributed by atoms with van der Waals surface area (Å²) in [5, 5.41) is 0. The van der Waals surface area contributed by atoms with E-state index in [1.165, 1.54) is 167 Å². The Kier molecular flexibility index (Phi) is 47.7. The molecule has 0 aliphatic heterocycles. The molecule has 8 nitrogen and oxygen atoms in total. The molecular formula is C56H106NO7P. The van der Waals surface area contributed by atoms with Crippen molar-refractivity contribution in [2.24, 2.45) is 0 Å². The van der Waals surface area contributed by atoms with Gasteiger partial charge in [-0.1, -0.05) is 236 Å². The SMILES string of the molecule is CC/C=C\C/C=C\C/C=C\C/C=C\CCCCCCCCCCCOCC(COP(=O)([O-])OCC[N+](C)(C)C)OC(=O)CCCCCCCCCCCCCCCCCCCCCCC. The molecule has 0 amide bonds. The van der Waals surface area contributed by atoms with Gasteiger partial charge < -0.3 is 27.9 Å². The Balaban J connectivity index is 4.10. The summed E-state index contributed by atoms with van der Waals surface area (Å²) < 4.78 is 34.8. The molecule has 0 fully saturated rings. The molecule has 0 aliphatic carbocycles. The Morgan fingerprint density at radius 1 is 0.492 bits per heavy atom. The lowest BCUT2D eigenvalue weighted by molar-refractivity contribution is -0.870. The molecule has 0 aromatic carbocycles. The fourth-order valence-corrected chi connectivity index (χ4v) is 8.45. The fraction of sp³-hybridized carbons (Fsp3) is 0.839. The molecule has 2 unspecified atom stereocenters. The lowest BCUT2D eigenvalue weighted by atomic mass is 10.0. The second-order valence-corrected chi connectivity index (χ2v) is 21.0. The second kappa shape index (κ2) is 48.9. The lowest BCUT2D eigenvalue weighted by Crippen LogP contribution is -2.37. The van der Waals surface area contributed by atoms with Gasteiger partial charge in [-0.15, -0.1) is 0 Å². The summed E-state index contributed by atoms with van der Waals surface area (Å²) in [5.41, 5.74) is 0. The third-order valence-corrected chi connectivity index (χ3v) is 12.9. The van der Waals surface area contributed by atoms with E-state index in [1.807, 2.05) is 21.1 Å². The Morgan fingerprint density at radius 2 is 0.892 bits per heavy atom. The number of quaternary nitrogens is 1. The number of ether oxygens (including phenoxy) is 2. The van der Waals surface area contributed by atoms with Gasteiger partial charge in [0.25, 0.3) is 7.82 Å². The van der Waals surface area contributed by atoms with Gasteiger partial charge in [-0.2, -0.15) is 0 Å². The summed E-state index contributed by atoms with van der Waals surface area (Å²) in [6, 6.07) is 0. The highest BCUT2D eigenvalue weighted by atomic mass is 31.2. The van der Waals surface area contributed by atoms with E-state index in [-0.39, 0.29) is 25.8 Å². The largest absolute Gasteiger partial charge is 0.756 e. The first-order chi connectivity index (χ1) is 31.6. The van der Waals surface area contributed by atoms with E-state index in [1.54, 1.807) is 0 Å². The number of carbonyl (C=O) groups is 1. The maximum atomic E-state index is 12.8. The van der Waals surface area contributed by atoms with E-state index in [9.17, 15) is 14.3 Å². The third-order valence-electron chi connectivity index (χ3n) is 11.9. The molecule has 9 heteroatoms. The maximum absolute atomic E-state index is 12.8. The van der Waals surface area contributed by atoms with Gasteiger partial charge in [0.05, 0.1) is 34.4 Å². The van der Waals surface area contributed by atoms with Crippen molar-refractivity contribution in [3.05, 3.63) is 48.6 Å². The number of carbonyl (C=O) groups excluding carboxylic acids is 1. The zero-order valence-corrected chi connectivity index (χ0v) is 44.3. The van der Waals surface area contributed by atoms with Crippen LogP contribution in [0.2, 0.25) is 0 Å². The number of nitrogens with zero attached hydrogens (tertiary/aromatic N) is 1. The molecule has 0 radical (unpaired) electrons. The van der Waals surface area contributed by atoms with E-state index >= 15 is 0 Å². The molecule has 0 bridgehead atoms. The standard InChI is InChI=1S/C56H106NO7P/c1-6-8-10-12-14-16-18-20-22-24-26-28-30-32-34-36-38-40-42-44-46-48-51-61-53-55(54-63-65(59,60)62-52-50-57(3,4)5)64-56(58)49-47-45-43-41-39-37-35-33-31-29-27-25-23-21-19-17-15-13-11-9-7-2/h8,10,14,16,20,22,26,28,55H,6-7,9,11-13,15,17-19,21,23-25,27,29-54H2,1-5H3/b10-8-,16-14-,22-20-,28-26-. The molecule has 382 valence electrons. The van der Waals surface area contributed by atoms with Gasteiger partial charge in [0.2, 0.25) is 0 Å². The first-order valence-corrected chi connectivity index (χ1v) is 28.8. The van der Waals surface area contributed by atoms with Crippen molar-refractivity contribution in [2.45, 2.75) is 251 Å². The van der Waals surface area contributed by atoms with Crippen LogP contribution < -0.4 is 4.89 Å². The van der Waals surface area contributed by atoms with Gasteiger partial charge in [-0.25, -0.2) is 0 Å². The van der Waals surface area contributed by atoms with Crippen molar-refractivity contribution in [3.8, 4) is 0 Å². The van der Waals surface area contributed by atoms with E-state index in [0.717, 1.165) is 57.8 Å². The van der Waals surface area contributed by atoms with Gasteiger partial charge in [0.15, 0.2) is 0 Å². The molecule has 0 N–H and O–H groups in total. The van der Waals surface area contributed by atoms with Gasteiger partial charge in [-0.05, 0) is 51.4 Å². The van der Waals surface area contributed by atoms with Crippen molar-refractivity contribution in [1.29, 1.82) is 0 Å². The summed E-state index contributed by atoms with van der Waals surface area (Å²) in [5.74, 6) is -0.332. The molecule has 0 heterocycles. The molecule has 0 rings (SSSR count). The molecule has 0 aromatic rings. The predicted molar refractivity (Wildman–Crippen MR) is 277 cm³/mol. The van der Waals surface area contributed by atoms with Crippen LogP contribution in [0.1, 0.15) is 245 Å². The van der Waals surface area contributed by atoms with Crippen LogP contribution in [0.5, 0.6) is 0 Å². The smallest absolute Gasteiger partial charge is 0.306 e. The number of hydrogen-bond acceptors (Lipinski definition) is 7. The van der Waals surface area contributed by atoms with Crippen LogP contribution in [0.25, 0.3) is 0 Å². The minimum atomic E-state index is -4.53. The Morgan fingerprint density at radius 3 is 1.34 bits per heavy atom. The van der Waals surface area contributed by atoms with Gasteiger partial charge in [-0.3, -0.25) is 9.36 Å². The van der Waals surface area contributed by atoms with Crippen LogP contribution in [0.4, 0.5) is 0 Å². The predicted octanol–water partition coefficient (Wildman–Crippen LogP) is 16.4. The molecule has 0 saturated carbocycles. The molecule has 2 atom stereocenters. The minimum absolute atomic E-state index is 0.0252. The number of phosphoric ester groups is 1. The van der Waals surface area contributed by atoms with E-state index in [0.29, 0.717) is 24.1 Å². The first kappa shape index (κ1) is 63.5. The average Bonchev–Trinajstić information content (AvgIpc) is 3.27. The van der Waals surface area contributed by atoms with Crippen molar-refractivity contribution in [1.82, 2.24) is 0 Å². The highest BCUT2D eigenvalue weighted by Crippen LogP contribution is 2.38. The van der Waals surface area contributed by atoms with Gasteiger partial charge in [0, 0.05) is 13.0 Å². The Bertz CT molecular complexity index is 1180. The molecule has 65 heavy (non-hydrogen) atoms. The van der Waals surface area contributed by atoms with Crippen LogP contribution in [-0.4, -0.2) is 70.7 Å².